The van der Waals surface area contributed by atoms with E-state index in [1.165, 1.54) is 0 Å². The van der Waals surface area contributed by atoms with Crippen molar-refractivity contribution in [1.82, 2.24) is 4.98 Å². The molecule has 0 radical (unpaired) electrons. The Labute approximate surface area is 84.9 Å². The van der Waals surface area contributed by atoms with Crippen LogP contribution in [0, 0.1) is 12.3 Å². The van der Waals surface area contributed by atoms with E-state index in [0.29, 0.717) is 0 Å². The zero-order valence-electron chi connectivity index (χ0n) is 6.79. The van der Waals surface area contributed by atoms with E-state index < -0.39 is 0 Å². The Balaban J connectivity index is 2.95. The summed E-state index contributed by atoms with van der Waals surface area (Å²) in [6, 6.07) is 7.72. The Bertz CT molecular complexity index is 497. The van der Waals surface area contributed by atoms with Crippen LogP contribution in [-0.4, -0.2) is 4.98 Å². The molecular weight excluding hydrogens is 226 g/mol. The van der Waals surface area contributed by atoms with Crippen LogP contribution in [0.4, 0.5) is 0 Å². The molecule has 0 amide bonds. The Kier molecular flexibility index (Phi) is 2.03. The van der Waals surface area contributed by atoms with Crippen molar-refractivity contribution in [2.75, 3.05) is 0 Å². The van der Waals surface area contributed by atoms with Crippen LogP contribution in [0.3, 0.4) is 0 Å². The third-order valence-electron chi connectivity index (χ3n) is 1.87. The summed E-state index contributed by atoms with van der Waals surface area (Å²) in [5.74, 6) is 2.61. The first-order chi connectivity index (χ1) is 6.33. The lowest BCUT2D eigenvalue weighted by molar-refractivity contribution is 1.40. The van der Waals surface area contributed by atoms with Crippen molar-refractivity contribution in [2.45, 2.75) is 0 Å². The van der Waals surface area contributed by atoms with Crippen LogP contribution in [-0.2, 0) is 0 Å². The smallest absolute Gasteiger partial charge is 0.0869 e. The molecular formula is C11H6BrN. The molecule has 1 aromatic carbocycles. The van der Waals surface area contributed by atoms with Gasteiger partial charge < -0.3 is 0 Å². The number of hydrogen-bond acceptors (Lipinski definition) is 1. The molecule has 0 aliphatic heterocycles. The highest BCUT2D eigenvalue weighted by Gasteiger charge is 2.01. The van der Waals surface area contributed by atoms with E-state index in [9.17, 15) is 0 Å². The topological polar surface area (TPSA) is 12.9 Å². The highest BCUT2D eigenvalue weighted by molar-refractivity contribution is 9.10. The van der Waals surface area contributed by atoms with Gasteiger partial charge in [0.2, 0.25) is 0 Å². The molecule has 0 aliphatic carbocycles. The number of benzene rings is 1. The van der Waals surface area contributed by atoms with Crippen molar-refractivity contribution in [3.63, 3.8) is 0 Å². The molecule has 2 rings (SSSR count). The molecule has 0 aliphatic rings. The van der Waals surface area contributed by atoms with Gasteiger partial charge in [0.25, 0.3) is 0 Å². The Morgan fingerprint density at radius 1 is 1.31 bits per heavy atom. The fraction of sp³-hybridized carbons (Fsp3) is 0. The van der Waals surface area contributed by atoms with Crippen molar-refractivity contribution >= 4 is 26.8 Å². The van der Waals surface area contributed by atoms with Crippen LogP contribution in [0.15, 0.2) is 34.9 Å². The first kappa shape index (κ1) is 8.28. The average Bonchev–Trinajstić information content (AvgIpc) is 2.19. The minimum Gasteiger partial charge on any atom is -0.255 e. The highest BCUT2D eigenvalue weighted by Crippen LogP contribution is 2.24. The number of rotatable bonds is 0. The van der Waals surface area contributed by atoms with Gasteiger partial charge in [0.05, 0.1) is 11.1 Å². The van der Waals surface area contributed by atoms with Crippen molar-refractivity contribution < 1.29 is 0 Å². The monoisotopic (exact) mass is 231 g/mol. The SMILES string of the molecule is C#Cc1ccc(Br)c2cccnc12. The molecule has 2 aromatic rings. The summed E-state index contributed by atoms with van der Waals surface area (Å²) in [6.45, 7) is 0. The lowest BCUT2D eigenvalue weighted by Gasteiger charge is -2.00. The maximum Gasteiger partial charge on any atom is 0.0869 e. The van der Waals surface area contributed by atoms with Crippen LogP contribution in [0.25, 0.3) is 10.9 Å². The van der Waals surface area contributed by atoms with Gasteiger partial charge in [0, 0.05) is 16.1 Å². The van der Waals surface area contributed by atoms with Crippen molar-refractivity contribution in [2.24, 2.45) is 0 Å². The number of nitrogens with zero attached hydrogens (tertiary/aromatic N) is 1. The molecule has 0 atom stereocenters. The third-order valence-corrected chi connectivity index (χ3v) is 2.56. The van der Waals surface area contributed by atoms with Gasteiger partial charge in [0.15, 0.2) is 0 Å². The summed E-state index contributed by atoms with van der Waals surface area (Å²) in [7, 11) is 0. The second kappa shape index (κ2) is 3.20. The van der Waals surface area contributed by atoms with Gasteiger partial charge in [-0.05, 0) is 18.2 Å². The van der Waals surface area contributed by atoms with Crippen LogP contribution in [0.5, 0.6) is 0 Å². The number of fused-ring (bicyclic) bond motifs is 1. The fourth-order valence-corrected chi connectivity index (χ4v) is 1.71. The van der Waals surface area contributed by atoms with Crippen LogP contribution in [0.2, 0.25) is 0 Å². The molecule has 13 heavy (non-hydrogen) atoms. The maximum atomic E-state index is 5.36. The van der Waals surface area contributed by atoms with Gasteiger partial charge in [-0.1, -0.05) is 27.9 Å². The first-order valence-electron chi connectivity index (χ1n) is 3.83. The van der Waals surface area contributed by atoms with Gasteiger partial charge in [-0.2, -0.15) is 0 Å². The van der Waals surface area contributed by atoms with E-state index in [4.69, 9.17) is 6.42 Å². The van der Waals surface area contributed by atoms with Crippen molar-refractivity contribution in [1.29, 1.82) is 0 Å². The fourth-order valence-electron chi connectivity index (χ4n) is 1.25. The second-order valence-electron chi connectivity index (χ2n) is 2.64. The molecule has 0 bridgehead atoms. The van der Waals surface area contributed by atoms with E-state index in [2.05, 4.69) is 26.8 Å². The average molecular weight is 232 g/mol. The van der Waals surface area contributed by atoms with Gasteiger partial charge in [0.1, 0.15) is 0 Å². The second-order valence-corrected chi connectivity index (χ2v) is 3.49. The van der Waals surface area contributed by atoms with E-state index in [1.54, 1.807) is 6.20 Å². The molecule has 2 heteroatoms. The minimum atomic E-state index is 0.832. The van der Waals surface area contributed by atoms with E-state index >= 15 is 0 Å². The van der Waals surface area contributed by atoms with Gasteiger partial charge in [-0.3, -0.25) is 4.98 Å². The molecule has 0 fully saturated rings. The zero-order chi connectivity index (χ0) is 9.26. The maximum absolute atomic E-state index is 5.36. The molecule has 0 N–H and O–H groups in total. The molecule has 1 nitrogen and oxygen atoms in total. The van der Waals surface area contributed by atoms with Crippen molar-refractivity contribution in [3.05, 3.63) is 40.5 Å². The summed E-state index contributed by atoms with van der Waals surface area (Å²) in [6.07, 6.45) is 7.11. The summed E-state index contributed by atoms with van der Waals surface area (Å²) >= 11 is 3.45. The summed E-state index contributed by atoms with van der Waals surface area (Å²) in [5.41, 5.74) is 1.71. The Hall–Kier alpha value is -1.33. The number of aromatic nitrogens is 1. The summed E-state index contributed by atoms with van der Waals surface area (Å²) in [5, 5.41) is 1.05. The van der Waals surface area contributed by atoms with E-state index in [1.807, 2.05) is 24.3 Å². The number of terminal acetylenes is 1. The standard InChI is InChI=1S/C11H6BrN/c1-2-8-5-6-10(12)9-4-3-7-13-11(8)9/h1,3-7H. The molecule has 1 heterocycles. The van der Waals surface area contributed by atoms with Crippen LogP contribution < -0.4 is 0 Å². The van der Waals surface area contributed by atoms with Gasteiger partial charge in [-0.25, -0.2) is 0 Å². The quantitative estimate of drug-likeness (QED) is 0.636. The Morgan fingerprint density at radius 3 is 2.92 bits per heavy atom. The van der Waals surface area contributed by atoms with Gasteiger partial charge >= 0.3 is 0 Å². The van der Waals surface area contributed by atoms with Crippen LogP contribution >= 0.6 is 15.9 Å². The lowest BCUT2D eigenvalue weighted by atomic mass is 10.1. The van der Waals surface area contributed by atoms with Crippen LogP contribution in [0.1, 0.15) is 5.56 Å². The molecule has 0 unspecified atom stereocenters. The normalized spacial score (nSPS) is 9.85. The summed E-state index contributed by atoms with van der Waals surface area (Å²) in [4.78, 5) is 4.24. The third kappa shape index (κ3) is 1.32. The minimum absolute atomic E-state index is 0.832. The largest absolute Gasteiger partial charge is 0.255 e. The highest BCUT2D eigenvalue weighted by atomic mass is 79.9. The van der Waals surface area contributed by atoms with Gasteiger partial charge in [-0.15, -0.1) is 6.42 Å². The van der Waals surface area contributed by atoms with Crippen molar-refractivity contribution in [3.8, 4) is 12.3 Å². The molecule has 62 valence electrons. The molecule has 0 spiro atoms. The first-order valence-corrected chi connectivity index (χ1v) is 4.62. The molecule has 0 saturated carbocycles. The predicted molar refractivity (Wildman–Crippen MR) is 57.4 cm³/mol. The number of hydrogen-bond donors (Lipinski definition) is 0. The lowest BCUT2D eigenvalue weighted by Crippen LogP contribution is -1.83. The molecule has 0 saturated heterocycles. The molecule has 1 aromatic heterocycles. The number of halogens is 1. The Morgan fingerprint density at radius 2 is 2.15 bits per heavy atom. The predicted octanol–water partition coefficient (Wildman–Crippen LogP) is 2.98. The zero-order valence-corrected chi connectivity index (χ0v) is 8.38. The van der Waals surface area contributed by atoms with E-state index in [-0.39, 0.29) is 0 Å². The summed E-state index contributed by atoms with van der Waals surface area (Å²) < 4.78 is 1.02. The van der Waals surface area contributed by atoms with E-state index in [0.717, 1.165) is 20.9 Å². The number of pyridine rings is 1.